The van der Waals surface area contributed by atoms with Gasteiger partial charge >= 0.3 is 5.97 Å². The Morgan fingerprint density at radius 1 is 0.643 bits per heavy atom. The number of carboxylic acids is 1. The zero-order chi connectivity index (χ0) is 21.9. The van der Waals surface area contributed by atoms with Crippen molar-refractivity contribution in [2.24, 2.45) is 0 Å². The molecule has 0 atom stereocenters. The van der Waals surface area contributed by atoms with Crippen molar-refractivity contribution in [1.29, 1.82) is 0 Å². The average Bonchev–Trinajstić information content (AvgIpc) is 2.71. The van der Waals surface area contributed by atoms with Crippen molar-refractivity contribution >= 4 is 5.97 Å². The Hall–Kier alpha value is -0.730. The third kappa shape index (κ3) is 40.1. The van der Waals surface area contributed by atoms with Gasteiger partial charge in [0.2, 0.25) is 0 Å². The molecule has 0 aromatic rings. The number of hydrogen-bond acceptors (Lipinski definition) is 6. The molecule has 7 heteroatoms. The molecule has 0 saturated carbocycles. The minimum Gasteiger partial charge on any atom is -0.481 e. The van der Waals surface area contributed by atoms with Crippen LogP contribution in [0.3, 0.4) is 0 Å². The molecule has 0 radical (unpaired) electrons. The molecule has 7 nitrogen and oxygen atoms in total. The summed E-state index contributed by atoms with van der Waals surface area (Å²) in [6.45, 7) is 1.28. The van der Waals surface area contributed by atoms with Crippen molar-refractivity contribution in [2.45, 2.75) is 103 Å². The molecule has 0 heterocycles. The van der Waals surface area contributed by atoms with Crippen molar-refractivity contribution < 1.29 is 35.4 Å². The molecule has 0 aliphatic heterocycles. The summed E-state index contributed by atoms with van der Waals surface area (Å²) in [7, 11) is 0. The van der Waals surface area contributed by atoms with Crippen LogP contribution >= 0.6 is 0 Å². The van der Waals surface area contributed by atoms with Crippen molar-refractivity contribution in [3.8, 4) is 0 Å². The van der Waals surface area contributed by atoms with E-state index >= 15 is 0 Å². The maximum atomic E-state index is 10.3. The fraction of sp³-hybridized carbons (Fsp3) is 0.952. The quantitative estimate of drug-likeness (QED) is 0.203. The number of rotatable bonds is 17. The number of aliphatic hydroxyl groups is 5. The first kappa shape index (κ1) is 31.9. The second kappa shape index (κ2) is 31.0. The molecule has 0 fully saturated rings. The van der Waals surface area contributed by atoms with Crippen LogP contribution < -0.4 is 0 Å². The molecular weight excluding hydrogens is 364 g/mol. The van der Waals surface area contributed by atoms with E-state index in [2.05, 4.69) is 6.92 Å². The summed E-state index contributed by atoms with van der Waals surface area (Å²) in [5, 5.41) is 47.8. The Balaban J connectivity index is -0.000000513. The highest BCUT2D eigenvalue weighted by Gasteiger charge is 1.97. The minimum atomic E-state index is -0.954. The zero-order valence-electron chi connectivity index (χ0n) is 17.9. The predicted molar refractivity (Wildman–Crippen MR) is 112 cm³/mol. The van der Waals surface area contributed by atoms with Crippen LogP contribution in [-0.2, 0) is 4.79 Å². The van der Waals surface area contributed by atoms with E-state index < -0.39 is 12.1 Å². The molecule has 0 unspecified atom stereocenters. The second-order valence-corrected chi connectivity index (χ2v) is 6.85. The molecule has 0 saturated heterocycles. The third-order valence-corrected chi connectivity index (χ3v) is 4.02. The molecule has 6 N–H and O–H groups in total. The van der Waals surface area contributed by atoms with Gasteiger partial charge in [0.15, 0.2) is 0 Å². The lowest BCUT2D eigenvalue weighted by molar-refractivity contribution is -0.137. The summed E-state index contributed by atoms with van der Waals surface area (Å²) >= 11 is 0. The van der Waals surface area contributed by atoms with Gasteiger partial charge in [-0.2, -0.15) is 0 Å². The van der Waals surface area contributed by atoms with Gasteiger partial charge in [-0.15, -0.1) is 0 Å². The lowest BCUT2D eigenvalue weighted by Crippen LogP contribution is -2.15. The van der Waals surface area contributed by atoms with E-state index in [1.54, 1.807) is 0 Å². The van der Waals surface area contributed by atoms with Crippen LogP contribution in [0.15, 0.2) is 0 Å². The van der Waals surface area contributed by atoms with Gasteiger partial charge in [-0.3, -0.25) is 4.79 Å². The molecule has 0 aromatic heterocycles. The van der Waals surface area contributed by atoms with Gasteiger partial charge in [-0.05, 0) is 6.42 Å². The summed E-state index contributed by atoms with van der Waals surface area (Å²) in [4.78, 5) is 10.3. The van der Waals surface area contributed by atoms with Crippen molar-refractivity contribution in [3.05, 3.63) is 0 Å². The molecule has 0 rings (SSSR count). The smallest absolute Gasteiger partial charge is 0.303 e. The third-order valence-electron chi connectivity index (χ3n) is 4.02. The number of aliphatic hydroxyl groups excluding tert-OH is 5. The van der Waals surface area contributed by atoms with Crippen LogP contribution in [0.5, 0.6) is 0 Å². The monoisotopic (exact) mass is 410 g/mol. The van der Waals surface area contributed by atoms with E-state index in [1.165, 1.54) is 70.6 Å². The molecule has 28 heavy (non-hydrogen) atoms. The summed E-state index contributed by atoms with van der Waals surface area (Å²) in [6, 6.07) is 0. The molecule has 172 valence electrons. The summed E-state index contributed by atoms with van der Waals surface area (Å²) in [6.07, 6.45) is 16.3. The second-order valence-electron chi connectivity index (χ2n) is 6.85. The summed E-state index contributed by atoms with van der Waals surface area (Å²) in [5.41, 5.74) is 0. The van der Waals surface area contributed by atoms with Crippen LogP contribution in [-0.4, -0.2) is 69.1 Å². The van der Waals surface area contributed by atoms with Gasteiger partial charge in [0.1, 0.15) is 6.10 Å². The van der Waals surface area contributed by atoms with Crippen LogP contribution in [0.25, 0.3) is 0 Å². The summed E-state index contributed by atoms with van der Waals surface area (Å²) < 4.78 is 0. The maximum absolute atomic E-state index is 10.3. The van der Waals surface area contributed by atoms with Crippen LogP contribution in [0, 0.1) is 0 Å². The van der Waals surface area contributed by atoms with Gasteiger partial charge in [0, 0.05) is 6.42 Å². The van der Waals surface area contributed by atoms with Crippen LogP contribution in [0.2, 0.25) is 0 Å². The molecule has 0 aromatic carbocycles. The Kier molecular flexibility index (Phi) is 35.3. The fourth-order valence-electron chi connectivity index (χ4n) is 2.35. The van der Waals surface area contributed by atoms with Crippen molar-refractivity contribution in [1.82, 2.24) is 0 Å². The van der Waals surface area contributed by atoms with E-state index in [1.807, 2.05) is 0 Å². The molecule has 0 spiro atoms. The Bertz CT molecular complexity index is 269. The van der Waals surface area contributed by atoms with E-state index in [0.29, 0.717) is 6.42 Å². The molecule has 0 aliphatic carbocycles. The van der Waals surface area contributed by atoms with Gasteiger partial charge in [-0.1, -0.05) is 84.0 Å². The maximum Gasteiger partial charge on any atom is 0.303 e. The first-order valence-corrected chi connectivity index (χ1v) is 10.8. The molecule has 0 bridgehead atoms. The Labute approximate surface area is 171 Å². The van der Waals surface area contributed by atoms with Gasteiger partial charge < -0.3 is 30.6 Å². The van der Waals surface area contributed by atoms with E-state index in [-0.39, 0.29) is 26.4 Å². The number of carboxylic acid groups (broad SMARTS) is 1. The fourth-order valence-corrected chi connectivity index (χ4v) is 2.35. The van der Waals surface area contributed by atoms with Crippen molar-refractivity contribution in [2.75, 3.05) is 26.4 Å². The van der Waals surface area contributed by atoms with Crippen LogP contribution in [0.4, 0.5) is 0 Å². The van der Waals surface area contributed by atoms with Gasteiger partial charge in [-0.25, -0.2) is 0 Å². The van der Waals surface area contributed by atoms with Gasteiger partial charge in [0.25, 0.3) is 0 Å². The number of hydrogen-bond donors (Lipinski definition) is 6. The lowest BCUT2D eigenvalue weighted by Gasteiger charge is -2.02. The minimum absolute atomic E-state index is 0.125. The standard InChI is InChI=1S/C16H32O2.C3H8O3.C2H6O2/c1-2-3-4-5-6-7-8-9-10-11-12-13-14-15-16(17)18;4-1-3(6)2-5;3-1-2-4/h2-15H2,1H3,(H,17,18);3-6H,1-2H2;3-4H,1-2H2. The van der Waals surface area contributed by atoms with Crippen molar-refractivity contribution in [3.63, 3.8) is 0 Å². The zero-order valence-corrected chi connectivity index (χ0v) is 17.9. The number of carbonyl (C=O) groups is 1. The van der Waals surface area contributed by atoms with E-state index in [9.17, 15) is 4.79 Å². The first-order valence-electron chi connectivity index (χ1n) is 10.8. The largest absolute Gasteiger partial charge is 0.481 e. The molecule has 0 aliphatic rings. The normalized spacial score (nSPS) is 10.1. The lowest BCUT2D eigenvalue weighted by atomic mass is 10.0. The Morgan fingerprint density at radius 2 is 0.964 bits per heavy atom. The van der Waals surface area contributed by atoms with Gasteiger partial charge in [0.05, 0.1) is 26.4 Å². The Morgan fingerprint density at radius 3 is 1.18 bits per heavy atom. The topological polar surface area (TPSA) is 138 Å². The number of unbranched alkanes of at least 4 members (excludes halogenated alkanes) is 12. The predicted octanol–water partition coefficient (Wildman–Crippen LogP) is 2.86. The average molecular weight is 411 g/mol. The highest BCUT2D eigenvalue weighted by Crippen LogP contribution is 2.12. The highest BCUT2D eigenvalue weighted by molar-refractivity contribution is 5.66. The molecular formula is C21H46O7. The highest BCUT2D eigenvalue weighted by atomic mass is 16.4. The van der Waals surface area contributed by atoms with Crippen LogP contribution in [0.1, 0.15) is 96.8 Å². The SMILES string of the molecule is CCCCCCCCCCCCCCCC(=O)O.OCC(O)CO.OCCO. The first-order chi connectivity index (χ1) is 13.5. The summed E-state index contributed by atoms with van der Waals surface area (Å²) in [5.74, 6) is -0.655. The van der Waals surface area contributed by atoms with E-state index in [4.69, 9.17) is 30.6 Å². The number of aliphatic carboxylic acids is 1. The van der Waals surface area contributed by atoms with E-state index in [0.717, 1.165) is 12.8 Å². The molecule has 0 amide bonds.